The van der Waals surface area contributed by atoms with Crippen molar-refractivity contribution in [3.63, 3.8) is 0 Å². The zero-order valence-corrected chi connectivity index (χ0v) is 14.6. The van der Waals surface area contributed by atoms with E-state index in [-0.39, 0.29) is 23.0 Å². The summed E-state index contributed by atoms with van der Waals surface area (Å²) in [5, 5.41) is 14.4. The van der Waals surface area contributed by atoms with E-state index in [0.29, 0.717) is 5.69 Å². The van der Waals surface area contributed by atoms with E-state index in [0.717, 1.165) is 0 Å². The SMILES string of the molecule is COc1cc(NC(=O)C(NC(=O)c2ccco2)C(C)C)ccc1C(=O)O. The molecule has 0 radical (unpaired) electrons. The minimum atomic E-state index is -1.13. The zero-order chi connectivity index (χ0) is 19.3. The molecule has 1 heterocycles. The number of benzene rings is 1. The molecule has 2 aromatic rings. The van der Waals surface area contributed by atoms with Gasteiger partial charge in [0.05, 0.1) is 13.4 Å². The Morgan fingerprint density at radius 3 is 2.46 bits per heavy atom. The minimum absolute atomic E-state index is 0.0166. The minimum Gasteiger partial charge on any atom is -0.496 e. The number of aromatic carboxylic acids is 1. The fraction of sp³-hybridized carbons (Fsp3) is 0.278. The molecule has 1 atom stereocenters. The number of amides is 2. The molecule has 1 unspecified atom stereocenters. The monoisotopic (exact) mass is 360 g/mol. The Bertz CT molecular complexity index is 798. The van der Waals surface area contributed by atoms with Crippen LogP contribution in [0, 0.1) is 5.92 Å². The number of carboxylic acid groups (broad SMARTS) is 1. The van der Waals surface area contributed by atoms with Gasteiger partial charge in [-0.1, -0.05) is 13.8 Å². The molecular formula is C18H20N2O6. The van der Waals surface area contributed by atoms with E-state index in [4.69, 9.17) is 14.3 Å². The number of hydrogen-bond acceptors (Lipinski definition) is 5. The van der Waals surface area contributed by atoms with Crippen molar-refractivity contribution >= 4 is 23.5 Å². The van der Waals surface area contributed by atoms with Crippen LogP contribution in [0.1, 0.15) is 34.8 Å². The first-order valence-corrected chi connectivity index (χ1v) is 7.90. The standard InChI is InChI=1S/C18H20N2O6/c1-10(2)15(20-16(21)13-5-4-8-26-13)17(22)19-11-6-7-12(18(23)24)14(9-11)25-3/h4-10,15H,1-3H3,(H,19,22)(H,20,21)(H,23,24). The number of anilines is 1. The number of carbonyl (C=O) groups excluding carboxylic acids is 2. The molecular weight excluding hydrogens is 340 g/mol. The fourth-order valence-corrected chi connectivity index (χ4v) is 2.32. The fourth-order valence-electron chi connectivity index (χ4n) is 2.32. The Kier molecular flexibility index (Phi) is 6.00. The van der Waals surface area contributed by atoms with Crippen molar-refractivity contribution in [3.8, 4) is 5.75 Å². The van der Waals surface area contributed by atoms with Crippen LogP contribution < -0.4 is 15.4 Å². The summed E-state index contributed by atoms with van der Waals surface area (Å²) in [4.78, 5) is 35.8. The maximum atomic E-state index is 12.6. The number of furan rings is 1. The Labute approximate surface area is 150 Å². The summed E-state index contributed by atoms with van der Waals surface area (Å²) in [7, 11) is 1.34. The van der Waals surface area contributed by atoms with Gasteiger partial charge in [0.2, 0.25) is 5.91 Å². The van der Waals surface area contributed by atoms with Gasteiger partial charge in [-0.25, -0.2) is 4.79 Å². The quantitative estimate of drug-likeness (QED) is 0.698. The lowest BCUT2D eigenvalue weighted by Crippen LogP contribution is -2.47. The van der Waals surface area contributed by atoms with Gasteiger partial charge in [-0.2, -0.15) is 0 Å². The van der Waals surface area contributed by atoms with Gasteiger partial charge < -0.3 is 24.9 Å². The molecule has 2 rings (SSSR count). The molecule has 0 saturated carbocycles. The van der Waals surface area contributed by atoms with Crippen molar-refractivity contribution in [2.45, 2.75) is 19.9 Å². The normalized spacial score (nSPS) is 11.7. The van der Waals surface area contributed by atoms with Crippen LogP contribution in [0.2, 0.25) is 0 Å². The molecule has 0 saturated heterocycles. The summed E-state index contributed by atoms with van der Waals surface area (Å²) >= 11 is 0. The molecule has 1 aromatic carbocycles. The van der Waals surface area contributed by atoms with E-state index < -0.39 is 23.8 Å². The molecule has 0 fully saturated rings. The van der Waals surface area contributed by atoms with Gasteiger partial charge in [-0.05, 0) is 30.2 Å². The van der Waals surface area contributed by atoms with Crippen LogP contribution in [-0.4, -0.2) is 36.0 Å². The first-order chi connectivity index (χ1) is 12.3. The summed E-state index contributed by atoms with van der Waals surface area (Å²) < 4.78 is 10.1. The highest BCUT2D eigenvalue weighted by atomic mass is 16.5. The molecule has 8 heteroatoms. The second-order valence-electron chi connectivity index (χ2n) is 5.88. The third kappa shape index (κ3) is 4.41. The molecule has 0 aliphatic carbocycles. The lowest BCUT2D eigenvalue weighted by molar-refractivity contribution is -0.118. The molecule has 0 spiro atoms. The van der Waals surface area contributed by atoms with E-state index in [1.807, 2.05) is 0 Å². The number of methoxy groups -OCH3 is 1. The second kappa shape index (κ2) is 8.19. The number of carboxylic acids is 1. The van der Waals surface area contributed by atoms with Gasteiger partial charge in [0, 0.05) is 11.8 Å². The highest BCUT2D eigenvalue weighted by Crippen LogP contribution is 2.23. The van der Waals surface area contributed by atoms with Crippen LogP contribution in [0.15, 0.2) is 41.0 Å². The van der Waals surface area contributed by atoms with Crippen LogP contribution in [0.25, 0.3) is 0 Å². The highest BCUT2D eigenvalue weighted by molar-refractivity contribution is 6.01. The molecule has 0 aliphatic rings. The maximum Gasteiger partial charge on any atom is 0.339 e. The largest absolute Gasteiger partial charge is 0.496 e. The van der Waals surface area contributed by atoms with Gasteiger partial charge in [0.25, 0.3) is 5.91 Å². The Morgan fingerprint density at radius 1 is 1.19 bits per heavy atom. The van der Waals surface area contributed by atoms with Crippen molar-refractivity contribution in [3.05, 3.63) is 47.9 Å². The highest BCUT2D eigenvalue weighted by Gasteiger charge is 2.26. The van der Waals surface area contributed by atoms with E-state index in [9.17, 15) is 14.4 Å². The van der Waals surface area contributed by atoms with Gasteiger partial charge in [0.15, 0.2) is 5.76 Å². The lowest BCUT2D eigenvalue weighted by atomic mass is 10.0. The molecule has 0 bridgehead atoms. The van der Waals surface area contributed by atoms with Gasteiger partial charge in [-0.3, -0.25) is 9.59 Å². The molecule has 8 nitrogen and oxygen atoms in total. The summed E-state index contributed by atoms with van der Waals surface area (Å²) in [5.74, 6) is -2.03. The maximum absolute atomic E-state index is 12.6. The first kappa shape index (κ1) is 19.0. The topological polar surface area (TPSA) is 118 Å². The summed E-state index contributed by atoms with van der Waals surface area (Å²) in [6, 6.07) is 6.47. The Hall–Kier alpha value is -3.29. The van der Waals surface area contributed by atoms with Crippen LogP contribution in [0.3, 0.4) is 0 Å². The van der Waals surface area contributed by atoms with Crippen molar-refractivity contribution in [2.75, 3.05) is 12.4 Å². The number of carbonyl (C=O) groups is 3. The number of ether oxygens (including phenoxy) is 1. The van der Waals surface area contributed by atoms with E-state index in [1.54, 1.807) is 19.9 Å². The summed E-state index contributed by atoms with van der Waals surface area (Å²) in [6.07, 6.45) is 1.37. The average molecular weight is 360 g/mol. The molecule has 0 aliphatic heterocycles. The smallest absolute Gasteiger partial charge is 0.339 e. The summed E-state index contributed by atoms with van der Waals surface area (Å²) in [5.41, 5.74) is 0.340. The Morgan fingerprint density at radius 2 is 1.92 bits per heavy atom. The molecule has 3 N–H and O–H groups in total. The predicted octanol–water partition coefficient (Wildman–Crippen LogP) is 2.38. The Balaban J connectivity index is 2.14. The van der Waals surface area contributed by atoms with Gasteiger partial charge in [0.1, 0.15) is 17.4 Å². The molecule has 26 heavy (non-hydrogen) atoms. The van der Waals surface area contributed by atoms with Crippen molar-refractivity contribution in [2.24, 2.45) is 5.92 Å². The predicted molar refractivity (Wildman–Crippen MR) is 93.4 cm³/mol. The zero-order valence-electron chi connectivity index (χ0n) is 14.6. The van der Waals surface area contributed by atoms with Gasteiger partial charge in [-0.15, -0.1) is 0 Å². The second-order valence-corrected chi connectivity index (χ2v) is 5.88. The van der Waals surface area contributed by atoms with Crippen LogP contribution in [0.5, 0.6) is 5.75 Å². The van der Waals surface area contributed by atoms with Crippen molar-refractivity contribution in [1.82, 2.24) is 5.32 Å². The van der Waals surface area contributed by atoms with Crippen molar-refractivity contribution < 1.29 is 28.6 Å². The summed E-state index contributed by atoms with van der Waals surface area (Å²) in [6.45, 7) is 3.58. The molecule has 1 aromatic heterocycles. The van der Waals surface area contributed by atoms with Crippen LogP contribution in [-0.2, 0) is 4.79 Å². The first-order valence-electron chi connectivity index (χ1n) is 7.90. The van der Waals surface area contributed by atoms with Gasteiger partial charge >= 0.3 is 5.97 Å². The lowest BCUT2D eigenvalue weighted by Gasteiger charge is -2.21. The number of hydrogen-bond donors (Lipinski definition) is 3. The molecule has 2 amide bonds. The third-order valence-corrected chi connectivity index (χ3v) is 3.68. The van der Waals surface area contributed by atoms with E-state index in [2.05, 4.69) is 10.6 Å². The average Bonchev–Trinajstić information content (AvgIpc) is 3.13. The van der Waals surface area contributed by atoms with Crippen molar-refractivity contribution in [1.29, 1.82) is 0 Å². The third-order valence-electron chi connectivity index (χ3n) is 3.68. The van der Waals surface area contributed by atoms with E-state index >= 15 is 0 Å². The van der Waals surface area contributed by atoms with Crippen LogP contribution in [0.4, 0.5) is 5.69 Å². The molecule has 138 valence electrons. The van der Waals surface area contributed by atoms with Crippen LogP contribution >= 0.6 is 0 Å². The number of nitrogens with one attached hydrogen (secondary N) is 2. The number of rotatable bonds is 7. The van der Waals surface area contributed by atoms with E-state index in [1.165, 1.54) is 37.6 Å².